The molecule has 0 aliphatic carbocycles. The Morgan fingerprint density at radius 2 is 1.20 bits per heavy atom. The molecule has 0 aromatic heterocycles. The van der Waals surface area contributed by atoms with Crippen LogP contribution in [0.2, 0.25) is 0 Å². The lowest BCUT2D eigenvalue weighted by Crippen LogP contribution is -1.34. The zero-order valence-electron chi connectivity index (χ0n) is 2.28. The van der Waals surface area contributed by atoms with E-state index in [1.54, 1.807) is 0 Å². The van der Waals surface area contributed by atoms with Crippen molar-refractivity contribution < 1.29 is 8.78 Å². The van der Waals surface area contributed by atoms with Gasteiger partial charge in [-0.05, 0) is 0 Å². The van der Waals surface area contributed by atoms with E-state index in [0.717, 1.165) is 0 Å². The van der Waals surface area contributed by atoms with Gasteiger partial charge in [-0.25, -0.2) is 8.78 Å². The number of hydrogen-bond acceptors (Lipinski definition) is 0. The summed E-state index contributed by atoms with van der Waals surface area (Å²) in [7, 11) is 0. The number of rotatable bonds is 0. The monoisotopic (exact) mass is 168 g/mol. The fourth-order valence-electron chi connectivity index (χ4n) is 0. The van der Waals surface area contributed by atoms with E-state index in [2.05, 4.69) is 0 Å². The molecule has 0 aromatic rings. The maximum Gasteiger partial charge on any atom is 0.229 e. The van der Waals surface area contributed by atoms with E-state index in [-0.39, 0.29) is 29.4 Å². The maximum atomic E-state index is 9.62. The molecular formula is CH4BrClF2. The number of alkyl halides is 2. The van der Waals surface area contributed by atoms with Gasteiger partial charge in [0, 0.05) is 0 Å². The van der Waals surface area contributed by atoms with Crippen LogP contribution in [0.25, 0.3) is 0 Å². The van der Waals surface area contributed by atoms with Crippen molar-refractivity contribution in [1.29, 1.82) is 0 Å². The van der Waals surface area contributed by atoms with Crippen LogP contribution < -0.4 is 0 Å². The van der Waals surface area contributed by atoms with Crippen molar-refractivity contribution in [1.82, 2.24) is 0 Å². The Morgan fingerprint density at radius 1 is 1.20 bits per heavy atom. The Kier molecular flexibility index (Phi) is 80.1. The molecule has 0 nitrogen and oxygen atoms in total. The molecule has 0 aliphatic rings. The van der Waals surface area contributed by atoms with E-state index in [1.807, 2.05) is 0 Å². The second-order valence-electron chi connectivity index (χ2n) is 0.101. The minimum atomic E-state index is -1.75. The summed E-state index contributed by atoms with van der Waals surface area (Å²) in [6.07, 6.45) is 0. The molecular weight excluding hydrogens is 165 g/mol. The van der Waals surface area contributed by atoms with E-state index in [1.165, 1.54) is 0 Å². The van der Waals surface area contributed by atoms with Gasteiger partial charge in [-0.15, -0.1) is 29.4 Å². The summed E-state index contributed by atoms with van der Waals surface area (Å²) in [5.41, 5.74) is 0. The van der Waals surface area contributed by atoms with Crippen LogP contribution >= 0.6 is 29.4 Å². The molecule has 0 aliphatic heterocycles. The summed E-state index contributed by atoms with van der Waals surface area (Å²) in [5, 5.41) is 0. The van der Waals surface area contributed by atoms with Gasteiger partial charge in [-0.1, -0.05) is 0 Å². The first-order valence-corrected chi connectivity index (χ1v) is 0.535. The van der Waals surface area contributed by atoms with Crippen LogP contribution in [0.1, 0.15) is 0 Å². The summed E-state index contributed by atoms with van der Waals surface area (Å²) >= 11 is 0. The quantitative estimate of drug-likeness (QED) is 0.519. The van der Waals surface area contributed by atoms with E-state index in [9.17, 15) is 8.78 Å². The minimum absolute atomic E-state index is 0. The zero-order chi connectivity index (χ0) is 2.71. The normalized spacial score (nSPS) is 3.60. The van der Waals surface area contributed by atoms with Gasteiger partial charge in [0.1, 0.15) is 0 Å². The van der Waals surface area contributed by atoms with Crippen LogP contribution in [-0.2, 0) is 0 Å². The topological polar surface area (TPSA) is 0 Å². The molecule has 0 bridgehead atoms. The van der Waals surface area contributed by atoms with Gasteiger partial charge in [0.15, 0.2) is 0 Å². The first kappa shape index (κ1) is 17.4. The van der Waals surface area contributed by atoms with Gasteiger partial charge >= 0.3 is 0 Å². The molecule has 0 unspecified atom stereocenters. The smallest absolute Gasteiger partial charge is 0.214 e. The highest BCUT2D eigenvalue weighted by Gasteiger charge is 1.44. The molecule has 36 valence electrons. The molecule has 0 aromatic carbocycles. The summed E-state index contributed by atoms with van der Waals surface area (Å²) < 4.78 is 19.2. The van der Waals surface area contributed by atoms with Crippen LogP contribution in [0.3, 0.4) is 0 Å². The molecule has 0 saturated heterocycles. The van der Waals surface area contributed by atoms with Crippen molar-refractivity contribution in [3.63, 3.8) is 0 Å². The average Bonchev–Trinajstić information content (AvgIpc) is 0.918. The Balaban J connectivity index is -0.0000000200. The predicted octanol–water partition coefficient (Wildman–Crippen LogP) is 1.88. The fraction of sp³-hybridized carbons (Fsp3) is 1.00. The van der Waals surface area contributed by atoms with Gasteiger partial charge in [0.05, 0.1) is 0 Å². The maximum absolute atomic E-state index is 9.62. The van der Waals surface area contributed by atoms with Crippen LogP contribution in [0, 0.1) is 0 Å². The highest BCUT2D eigenvalue weighted by molar-refractivity contribution is 8.93. The lowest BCUT2D eigenvalue weighted by molar-refractivity contribution is 0.295. The molecule has 0 saturated carbocycles. The van der Waals surface area contributed by atoms with Crippen LogP contribution in [0.5, 0.6) is 0 Å². The van der Waals surface area contributed by atoms with Crippen molar-refractivity contribution in [2.75, 3.05) is 6.93 Å². The molecule has 0 radical (unpaired) electrons. The molecule has 0 spiro atoms. The molecule has 4 heteroatoms. The van der Waals surface area contributed by atoms with Crippen LogP contribution in [0.15, 0.2) is 0 Å². The summed E-state index contributed by atoms with van der Waals surface area (Å²) in [5.74, 6) is 0. The van der Waals surface area contributed by atoms with Crippen molar-refractivity contribution in [2.24, 2.45) is 0 Å². The molecule has 0 amide bonds. The molecule has 0 atom stereocenters. The number of halogens is 4. The Hall–Kier alpha value is 0.630. The van der Waals surface area contributed by atoms with E-state index >= 15 is 0 Å². The van der Waals surface area contributed by atoms with Crippen molar-refractivity contribution >= 4 is 29.4 Å². The van der Waals surface area contributed by atoms with Gasteiger partial charge < -0.3 is 0 Å². The molecule has 5 heavy (non-hydrogen) atoms. The lowest BCUT2D eigenvalue weighted by atomic mass is 11.7. The summed E-state index contributed by atoms with van der Waals surface area (Å²) in [4.78, 5) is 0. The highest BCUT2D eigenvalue weighted by Crippen LogP contribution is 1.56. The second-order valence-corrected chi connectivity index (χ2v) is 0.101. The Labute approximate surface area is 45.7 Å². The molecule has 0 rings (SSSR count). The largest absolute Gasteiger partial charge is 0.229 e. The second kappa shape index (κ2) is 23.0. The van der Waals surface area contributed by atoms with Gasteiger partial charge in [-0.2, -0.15) is 0 Å². The SMILES string of the molecule is Br.Cl.FCF. The summed E-state index contributed by atoms with van der Waals surface area (Å²) in [6, 6.07) is 0. The third-order valence-electron chi connectivity index (χ3n) is 0. The number of hydrogen-bond donors (Lipinski definition) is 0. The van der Waals surface area contributed by atoms with Crippen molar-refractivity contribution in [2.45, 2.75) is 0 Å². The molecule has 0 N–H and O–H groups in total. The average molecular weight is 169 g/mol. The van der Waals surface area contributed by atoms with Gasteiger partial charge in [-0.3, -0.25) is 0 Å². The van der Waals surface area contributed by atoms with E-state index in [0.29, 0.717) is 0 Å². The predicted molar refractivity (Wildman–Crippen MR) is 24.7 cm³/mol. The van der Waals surface area contributed by atoms with Crippen LogP contribution in [-0.4, -0.2) is 6.93 Å². The molecule has 0 fully saturated rings. The summed E-state index contributed by atoms with van der Waals surface area (Å²) in [6.45, 7) is -1.75. The first-order chi connectivity index (χ1) is 1.41. The Bertz CT molecular complexity index is 9.61. The molecule has 0 heterocycles. The lowest BCUT2D eigenvalue weighted by Gasteiger charge is -1.42. The zero-order valence-corrected chi connectivity index (χ0v) is 4.81. The van der Waals surface area contributed by atoms with E-state index in [4.69, 9.17) is 0 Å². The van der Waals surface area contributed by atoms with E-state index < -0.39 is 6.93 Å². The third kappa shape index (κ3) is 80.7. The van der Waals surface area contributed by atoms with Crippen LogP contribution in [0.4, 0.5) is 8.78 Å². The van der Waals surface area contributed by atoms with Gasteiger partial charge in [0.2, 0.25) is 6.93 Å². The highest BCUT2D eigenvalue weighted by atomic mass is 79.9. The van der Waals surface area contributed by atoms with Crippen molar-refractivity contribution in [3.05, 3.63) is 0 Å². The fourth-order valence-corrected chi connectivity index (χ4v) is 0. The Morgan fingerprint density at radius 3 is 1.20 bits per heavy atom. The third-order valence-corrected chi connectivity index (χ3v) is 0. The standard InChI is InChI=1S/CH2F2.BrH.ClH/c2-1-3;;/h1H2;2*1H. The van der Waals surface area contributed by atoms with Gasteiger partial charge in [0.25, 0.3) is 0 Å². The van der Waals surface area contributed by atoms with Crippen molar-refractivity contribution in [3.8, 4) is 0 Å². The first-order valence-electron chi connectivity index (χ1n) is 0.535. The minimum Gasteiger partial charge on any atom is -0.214 e.